The molecule has 5 nitrogen and oxygen atoms in total. The molecule has 2 rings (SSSR count). The van der Waals surface area contributed by atoms with Crippen LogP contribution in [0.1, 0.15) is 5.89 Å². The van der Waals surface area contributed by atoms with E-state index in [9.17, 15) is 0 Å². The second-order valence-corrected chi connectivity index (χ2v) is 3.34. The van der Waals surface area contributed by atoms with Gasteiger partial charge in [0.15, 0.2) is 0 Å². The number of aromatic nitrogens is 3. The minimum absolute atomic E-state index is 0.469. The Hall–Kier alpha value is -1.46. The van der Waals surface area contributed by atoms with Crippen LogP contribution in [0.2, 0.25) is 5.02 Å². The highest BCUT2D eigenvalue weighted by atomic mass is 35.5. The third-order valence-corrected chi connectivity index (χ3v) is 1.98. The van der Waals surface area contributed by atoms with E-state index in [4.69, 9.17) is 16.1 Å². The van der Waals surface area contributed by atoms with E-state index >= 15 is 0 Å². The molecule has 0 spiro atoms. The van der Waals surface area contributed by atoms with Gasteiger partial charge in [-0.15, -0.1) is 0 Å². The lowest BCUT2D eigenvalue weighted by Crippen LogP contribution is -2.04. The van der Waals surface area contributed by atoms with Gasteiger partial charge in [0.1, 0.15) is 5.69 Å². The number of hydrogen-bond donors (Lipinski definition) is 1. The van der Waals surface area contributed by atoms with Crippen LogP contribution < -0.4 is 5.32 Å². The van der Waals surface area contributed by atoms with Crippen molar-refractivity contribution in [1.82, 2.24) is 20.4 Å². The molecule has 2 aromatic rings. The minimum atomic E-state index is 0.469. The Kier molecular flexibility index (Phi) is 2.94. The summed E-state index contributed by atoms with van der Waals surface area (Å²) >= 11 is 5.72. The largest absolute Gasteiger partial charge is 0.337 e. The van der Waals surface area contributed by atoms with E-state index in [0.29, 0.717) is 29.0 Å². The lowest BCUT2D eigenvalue weighted by Gasteiger charge is -1.92. The number of hydrogen-bond acceptors (Lipinski definition) is 5. The summed E-state index contributed by atoms with van der Waals surface area (Å²) in [5, 5.41) is 7.30. The first kappa shape index (κ1) is 10.1. The van der Waals surface area contributed by atoms with Crippen LogP contribution in [0, 0.1) is 0 Å². The average Bonchev–Trinajstić information content (AvgIpc) is 2.68. The molecule has 15 heavy (non-hydrogen) atoms. The van der Waals surface area contributed by atoms with Gasteiger partial charge >= 0.3 is 0 Å². The summed E-state index contributed by atoms with van der Waals surface area (Å²) in [6.45, 7) is 0.542. The van der Waals surface area contributed by atoms with Crippen molar-refractivity contribution in [3.63, 3.8) is 0 Å². The second-order valence-electron chi connectivity index (χ2n) is 2.90. The Bertz CT molecular complexity index is 440. The van der Waals surface area contributed by atoms with Crippen LogP contribution >= 0.6 is 11.6 Å². The number of rotatable bonds is 3. The van der Waals surface area contributed by atoms with Gasteiger partial charge in [0, 0.05) is 6.20 Å². The summed E-state index contributed by atoms with van der Waals surface area (Å²) in [6, 6.07) is 3.48. The smallest absolute Gasteiger partial charge is 0.240 e. The van der Waals surface area contributed by atoms with Crippen molar-refractivity contribution in [2.75, 3.05) is 7.05 Å². The molecule has 0 unspecified atom stereocenters. The average molecular weight is 225 g/mol. The van der Waals surface area contributed by atoms with Gasteiger partial charge in [0.25, 0.3) is 0 Å². The van der Waals surface area contributed by atoms with Crippen molar-refractivity contribution < 1.29 is 4.52 Å². The predicted octanol–water partition coefficient (Wildman–Crippen LogP) is 1.50. The zero-order valence-corrected chi connectivity index (χ0v) is 8.82. The third-order valence-electron chi connectivity index (χ3n) is 1.75. The Labute approximate surface area is 91.5 Å². The molecular formula is C9H9ClN4O. The molecule has 0 saturated carbocycles. The van der Waals surface area contributed by atoms with E-state index < -0.39 is 0 Å². The van der Waals surface area contributed by atoms with Crippen LogP contribution in [0.25, 0.3) is 11.5 Å². The Morgan fingerprint density at radius 1 is 1.47 bits per heavy atom. The van der Waals surface area contributed by atoms with Gasteiger partial charge in [0.2, 0.25) is 11.7 Å². The summed E-state index contributed by atoms with van der Waals surface area (Å²) in [5.41, 5.74) is 0.644. The van der Waals surface area contributed by atoms with Crippen LogP contribution in [0.3, 0.4) is 0 Å². The van der Waals surface area contributed by atoms with Gasteiger partial charge in [-0.1, -0.05) is 16.8 Å². The molecule has 0 aliphatic heterocycles. The quantitative estimate of drug-likeness (QED) is 0.856. The molecule has 0 aliphatic rings. The minimum Gasteiger partial charge on any atom is -0.337 e. The zero-order valence-electron chi connectivity index (χ0n) is 8.07. The molecule has 0 aromatic carbocycles. The normalized spacial score (nSPS) is 10.5. The molecule has 6 heteroatoms. The van der Waals surface area contributed by atoms with Gasteiger partial charge < -0.3 is 9.84 Å². The van der Waals surface area contributed by atoms with Crippen molar-refractivity contribution >= 4 is 11.6 Å². The first-order chi connectivity index (χ1) is 7.29. The molecule has 0 saturated heterocycles. The predicted molar refractivity (Wildman–Crippen MR) is 55.3 cm³/mol. The monoisotopic (exact) mass is 224 g/mol. The van der Waals surface area contributed by atoms with E-state index in [2.05, 4.69) is 20.4 Å². The summed E-state index contributed by atoms with van der Waals surface area (Å²) in [6.07, 6.45) is 1.55. The van der Waals surface area contributed by atoms with Gasteiger partial charge in [-0.3, -0.25) is 4.98 Å². The molecule has 2 aromatic heterocycles. The van der Waals surface area contributed by atoms with Crippen LogP contribution in [-0.4, -0.2) is 22.2 Å². The van der Waals surface area contributed by atoms with Crippen LogP contribution in [0.4, 0.5) is 0 Å². The van der Waals surface area contributed by atoms with Crippen molar-refractivity contribution in [3.8, 4) is 11.5 Å². The molecule has 78 valence electrons. The number of nitrogens with zero attached hydrogens (tertiary/aromatic N) is 3. The summed E-state index contributed by atoms with van der Waals surface area (Å²) in [7, 11) is 1.81. The van der Waals surface area contributed by atoms with Gasteiger partial charge in [0.05, 0.1) is 11.6 Å². The second kappa shape index (κ2) is 4.37. The topological polar surface area (TPSA) is 63.8 Å². The first-order valence-electron chi connectivity index (χ1n) is 4.38. The van der Waals surface area contributed by atoms with E-state index in [1.165, 1.54) is 0 Å². The number of pyridine rings is 1. The highest BCUT2D eigenvalue weighted by Crippen LogP contribution is 2.15. The zero-order chi connectivity index (χ0) is 10.7. The standard InChI is InChI=1S/C9H9ClN4O/c1-11-5-8-13-9(14-15-8)7-3-2-6(10)4-12-7/h2-4,11H,5H2,1H3. The fourth-order valence-electron chi connectivity index (χ4n) is 1.09. The summed E-state index contributed by atoms with van der Waals surface area (Å²) in [4.78, 5) is 8.24. The molecule has 0 fully saturated rings. The van der Waals surface area contributed by atoms with Gasteiger partial charge in [-0.25, -0.2) is 0 Å². The maximum Gasteiger partial charge on any atom is 0.240 e. The highest BCUT2D eigenvalue weighted by Gasteiger charge is 2.08. The Morgan fingerprint density at radius 3 is 3.00 bits per heavy atom. The first-order valence-corrected chi connectivity index (χ1v) is 4.76. The van der Waals surface area contributed by atoms with E-state index in [-0.39, 0.29) is 0 Å². The Morgan fingerprint density at radius 2 is 2.33 bits per heavy atom. The van der Waals surface area contributed by atoms with E-state index in [1.54, 1.807) is 18.3 Å². The molecule has 2 heterocycles. The molecule has 0 bridgehead atoms. The third kappa shape index (κ3) is 2.31. The molecular weight excluding hydrogens is 216 g/mol. The molecule has 0 amide bonds. The SMILES string of the molecule is CNCc1nc(-c2ccc(Cl)cn2)no1. The van der Waals surface area contributed by atoms with E-state index in [0.717, 1.165) is 0 Å². The molecule has 0 radical (unpaired) electrons. The Balaban J connectivity index is 2.25. The van der Waals surface area contributed by atoms with Gasteiger partial charge in [-0.05, 0) is 19.2 Å². The number of halogens is 1. The number of nitrogens with one attached hydrogen (secondary N) is 1. The lowest BCUT2D eigenvalue weighted by atomic mass is 10.3. The van der Waals surface area contributed by atoms with Crippen LogP contribution in [0.5, 0.6) is 0 Å². The fraction of sp³-hybridized carbons (Fsp3) is 0.222. The summed E-state index contributed by atoms with van der Waals surface area (Å²) in [5.74, 6) is 1.00. The molecule has 0 aliphatic carbocycles. The van der Waals surface area contributed by atoms with Crippen molar-refractivity contribution in [1.29, 1.82) is 0 Å². The van der Waals surface area contributed by atoms with Crippen LogP contribution in [-0.2, 0) is 6.54 Å². The van der Waals surface area contributed by atoms with Crippen molar-refractivity contribution in [2.45, 2.75) is 6.54 Å². The highest BCUT2D eigenvalue weighted by molar-refractivity contribution is 6.30. The lowest BCUT2D eigenvalue weighted by molar-refractivity contribution is 0.372. The molecule has 0 atom stereocenters. The van der Waals surface area contributed by atoms with Crippen LogP contribution in [0.15, 0.2) is 22.9 Å². The fourth-order valence-corrected chi connectivity index (χ4v) is 1.20. The van der Waals surface area contributed by atoms with Crippen molar-refractivity contribution in [3.05, 3.63) is 29.2 Å². The van der Waals surface area contributed by atoms with Gasteiger partial charge in [-0.2, -0.15) is 4.98 Å². The van der Waals surface area contributed by atoms with Crippen molar-refractivity contribution in [2.24, 2.45) is 0 Å². The van der Waals surface area contributed by atoms with E-state index in [1.807, 2.05) is 7.05 Å². The maximum atomic E-state index is 5.72. The summed E-state index contributed by atoms with van der Waals surface area (Å²) < 4.78 is 4.99. The maximum absolute atomic E-state index is 5.72. The molecule has 1 N–H and O–H groups in total.